The van der Waals surface area contributed by atoms with Crippen LogP contribution in [0.1, 0.15) is 21.5 Å². The zero-order chi connectivity index (χ0) is 18.9. The van der Waals surface area contributed by atoms with Gasteiger partial charge in [-0.05, 0) is 23.3 Å². The van der Waals surface area contributed by atoms with Crippen LogP contribution in [0.2, 0.25) is 0 Å². The van der Waals surface area contributed by atoms with Gasteiger partial charge in [0.05, 0.1) is 20.8 Å². The molecule has 0 fully saturated rings. The molecule has 0 heterocycles. The second-order valence-corrected chi connectivity index (χ2v) is 5.90. The number of benzene rings is 2. The summed E-state index contributed by atoms with van der Waals surface area (Å²) in [6, 6.07) is 15.5. The van der Waals surface area contributed by atoms with Crippen LogP contribution in [0, 0.1) is 0 Å². The minimum Gasteiger partial charge on any atom is -0.496 e. The topological polar surface area (TPSA) is 63.2 Å². The van der Waals surface area contributed by atoms with Crippen molar-refractivity contribution < 1.29 is 14.3 Å². The maximum atomic E-state index is 11.7. The Kier molecular flexibility index (Phi) is 9.63. The molecule has 2 rings (SSSR count). The Balaban J connectivity index is 0.00000364. The van der Waals surface area contributed by atoms with E-state index in [9.17, 15) is 4.79 Å². The normalized spacial score (nSPS) is 10.6. The summed E-state index contributed by atoms with van der Waals surface area (Å²) in [6.45, 7) is 1.16. The Hall–Kier alpha value is -2.29. The van der Waals surface area contributed by atoms with Crippen molar-refractivity contribution in [2.45, 2.75) is 13.1 Å². The van der Waals surface area contributed by atoms with Gasteiger partial charge in [0.15, 0.2) is 5.96 Å². The van der Waals surface area contributed by atoms with Crippen LogP contribution in [0.5, 0.6) is 5.75 Å². The monoisotopic (exact) mass is 483 g/mol. The quantitative estimate of drug-likeness (QED) is 0.296. The lowest BCUT2D eigenvalue weighted by Gasteiger charge is -2.18. The Labute approximate surface area is 177 Å². The third-order valence-corrected chi connectivity index (χ3v) is 3.80. The smallest absolute Gasteiger partial charge is 0.341 e. The second-order valence-electron chi connectivity index (χ2n) is 5.90. The van der Waals surface area contributed by atoms with Crippen molar-refractivity contribution in [3.05, 3.63) is 65.2 Å². The number of ether oxygens (including phenoxy) is 2. The van der Waals surface area contributed by atoms with Crippen LogP contribution in [0.25, 0.3) is 0 Å². The fraction of sp³-hybridized carbons (Fsp3) is 0.300. The van der Waals surface area contributed by atoms with E-state index in [2.05, 4.69) is 22.4 Å². The van der Waals surface area contributed by atoms with E-state index < -0.39 is 5.97 Å². The number of halogens is 1. The summed E-state index contributed by atoms with van der Waals surface area (Å²) in [4.78, 5) is 18.3. The summed E-state index contributed by atoms with van der Waals surface area (Å²) in [7, 11) is 6.76. The van der Waals surface area contributed by atoms with Crippen molar-refractivity contribution in [2.24, 2.45) is 4.99 Å². The minimum absolute atomic E-state index is 0. The first-order valence-corrected chi connectivity index (χ1v) is 8.30. The molecule has 0 saturated carbocycles. The highest BCUT2D eigenvalue weighted by Crippen LogP contribution is 2.21. The number of hydrogen-bond acceptors (Lipinski definition) is 4. The predicted molar refractivity (Wildman–Crippen MR) is 118 cm³/mol. The van der Waals surface area contributed by atoms with Gasteiger partial charge >= 0.3 is 5.97 Å². The van der Waals surface area contributed by atoms with Crippen LogP contribution in [-0.2, 0) is 17.8 Å². The van der Waals surface area contributed by atoms with E-state index in [1.807, 2.05) is 43.3 Å². The second kappa shape index (κ2) is 11.4. The minimum atomic E-state index is -0.421. The number of rotatable bonds is 6. The van der Waals surface area contributed by atoms with Gasteiger partial charge in [-0.2, -0.15) is 0 Å². The number of guanidine groups is 1. The molecule has 0 atom stereocenters. The van der Waals surface area contributed by atoms with Gasteiger partial charge in [0.1, 0.15) is 11.3 Å². The average molecular weight is 483 g/mol. The van der Waals surface area contributed by atoms with Crippen molar-refractivity contribution in [1.29, 1.82) is 0 Å². The van der Waals surface area contributed by atoms with Crippen LogP contribution >= 0.6 is 24.0 Å². The van der Waals surface area contributed by atoms with E-state index in [0.29, 0.717) is 24.4 Å². The summed E-state index contributed by atoms with van der Waals surface area (Å²) in [6.07, 6.45) is 0. The van der Waals surface area contributed by atoms with Gasteiger partial charge in [-0.3, -0.25) is 0 Å². The number of carbonyl (C=O) groups is 1. The van der Waals surface area contributed by atoms with Crippen molar-refractivity contribution in [2.75, 3.05) is 28.3 Å². The molecule has 0 aliphatic heterocycles. The molecule has 27 heavy (non-hydrogen) atoms. The van der Waals surface area contributed by atoms with Gasteiger partial charge in [0, 0.05) is 20.6 Å². The Morgan fingerprint density at radius 3 is 2.37 bits per heavy atom. The van der Waals surface area contributed by atoms with Crippen LogP contribution in [0.4, 0.5) is 0 Å². The molecule has 0 aliphatic rings. The lowest BCUT2D eigenvalue weighted by atomic mass is 10.1. The number of nitrogens with zero attached hydrogens (tertiary/aromatic N) is 2. The van der Waals surface area contributed by atoms with Crippen LogP contribution in [0.15, 0.2) is 53.5 Å². The number of hydrogen-bond donors (Lipinski definition) is 1. The lowest BCUT2D eigenvalue weighted by molar-refractivity contribution is 0.0597. The highest BCUT2D eigenvalue weighted by Gasteiger charge is 2.13. The fourth-order valence-electron chi connectivity index (χ4n) is 2.41. The molecule has 0 spiro atoms. The van der Waals surface area contributed by atoms with Crippen molar-refractivity contribution in [3.63, 3.8) is 0 Å². The van der Waals surface area contributed by atoms with Gasteiger partial charge in [-0.15, -0.1) is 24.0 Å². The maximum Gasteiger partial charge on any atom is 0.341 e. The summed E-state index contributed by atoms with van der Waals surface area (Å²) < 4.78 is 10.1. The first-order valence-electron chi connectivity index (χ1n) is 8.30. The summed E-state index contributed by atoms with van der Waals surface area (Å²) in [5.74, 6) is 0.841. The number of nitrogens with one attached hydrogen (secondary N) is 1. The molecule has 0 unspecified atom stereocenters. The fourth-order valence-corrected chi connectivity index (χ4v) is 2.41. The zero-order valence-electron chi connectivity index (χ0n) is 16.1. The Morgan fingerprint density at radius 2 is 1.78 bits per heavy atom. The van der Waals surface area contributed by atoms with E-state index in [0.717, 1.165) is 11.5 Å². The maximum absolute atomic E-state index is 11.7. The predicted octanol–water partition coefficient (Wildman–Crippen LogP) is 3.31. The van der Waals surface area contributed by atoms with E-state index in [1.54, 1.807) is 12.1 Å². The molecule has 6 nitrogen and oxygen atoms in total. The van der Waals surface area contributed by atoms with Crippen LogP contribution < -0.4 is 10.1 Å². The number of aliphatic imine (C=N–C) groups is 1. The number of carbonyl (C=O) groups excluding carboxylic acids is 1. The molecule has 0 bridgehead atoms. The molecule has 0 saturated heterocycles. The molecule has 0 radical (unpaired) electrons. The van der Waals surface area contributed by atoms with Gasteiger partial charge in [0.2, 0.25) is 0 Å². The lowest BCUT2D eigenvalue weighted by Crippen LogP contribution is -2.36. The molecule has 2 aromatic carbocycles. The van der Waals surface area contributed by atoms with Gasteiger partial charge in [-0.1, -0.05) is 36.4 Å². The van der Waals surface area contributed by atoms with Gasteiger partial charge in [0.25, 0.3) is 0 Å². The van der Waals surface area contributed by atoms with E-state index in [1.165, 1.54) is 19.8 Å². The van der Waals surface area contributed by atoms with Crippen molar-refractivity contribution in [1.82, 2.24) is 10.2 Å². The van der Waals surface area contributed by atoms with Gasteiger partial charge in [-0.25, -0.2) is 9.79 Å². The number of esters is 1. The van der Waals surface area contributed by atoms with E-state index in [4.69, 9.17) is 9.47 Å². The molecule has 146 valence electrons. The summed E-state index contributed by atoms with van der Waals surface area (Å²) >= 11 is 0. The first kappa shape index (κ1) is 22.8. The largest absolute Gasteiger partial charge is 0.496 e. The van der Waals surface area contributed by atoms with Crippen molar-refractivity contribution in [3.8, 4) is 5.75 Å². The summed E-state index contributed by atoms with van der Waals surface area (Å²) in [5, 5.41) is 3.34. The standard InChI is InChI=1S/C20H25N3O3.HI/c1-23(2)20(21-13-15-8-6-5-7-9-15)22-14-16-10-11-17(19(24)26-4)18(12-16)25-3;/h5-12H,13-14H2,1-4H3,(H,21,22);1H. The molecule has 1 N–H and O–H groups in total. The third-order valence-electron chi connectivity index (χ3n) is 3.80. The third kappa shape index (κ3) is 6.74. The molecule has 7 heteroatoms. The molecular weight excluding hydrogens is 457 g/mol. The molecule has 0 amide bonds. The van der Waals surface area contributed by atoms with Crippen molar-refractivity contribution >= 4 is 35.9 Å². The van der Waals surface area contributed by atoms with Crippen LogP contribution in [-0.4, -0.2) is 45.1 Å². The molecule has 0 aliphatic carbocycles. The molecule has 0 aromatic heterocycles. The first-order chi connectivity index (χ1) is 12.5. The van der Waals surface area contributed by atoms with Gasteiger partial charge < -0.3 is 19.7 Å². The zero-order valence-corrected chi connectivity index (χ0v) is 18.4. The Morgan fingerprint density at radius 1 is 1.07 bits per heavy atom. The van der Waals surface area contributed by atoms with E-state index in [-0.39, 0.29) is 24.0 Å². The average Bonchev–Trinajstić information content (AvgIpc) is 2.67. The molecule has 2 aromatic rings. The summed E-state index contributed by atoms with van der Waals surface area (Å²) in [5.41, 5.74) is 2.53. The number of methoxy groups -OCH3 is 2. The van der Waals surface area contributed by atoms with E-state index >= 15 is 0 Å². The molecular formula is C20H26IN3O3. The SMILES string of the molecule is COC(=O)c1ccc(CN=C(NCc2ccccc2)N(C)C)cc1OC.I. The van der Waals surface area contributed by atoms with Crippen LogP contribution in [0.3, 0.4) is 0 Å². The highest BCUT2D eigenvalue weighted by molar-refractivity contribution is 14.0. The highest BCUT2D eigenvalue weighted by atomic mass is 127. The Bertz CT molecular complexity index is 764.